The summed E-state index contributed by atoms with van der Waals surface area (Å²) < 4.78 is 5.65. The first-order valence-electron chi connectivity index (χ1n) is 10.8. The number of nitrogens with zero attached hydrogens (tertiary/aromatic N) is 1. The molecule has 0 fully saturated rings. The van der Waals surface area contributed by atoms with Crippen molar-refractivity contribution in [2.75, 3.05) is 0 Å². The Balaban J connectivity index is 1.95. The Kier molecular flexibility index (Phi) is 7.72. The van der Waals surface area contributed by atoms with E-state index < -0.39 is 17.6 Å². The highest BCUT2D eigenvalue weighted by Crippen LogP contribution is 2.18. The summed E-state index contributed by atoms with van der Waals surface area (Å²) in [6, 6.07) is 27.8. The molecular weight excluding hydrogens is 398 g/mol. The van der Waals surface area contributed by atoms with Crippen molar-refractivity contribution < 1.29 is 14.3 Å². The highest BCUT2D eigenvalue weighted by molar-refractivity contribution is 6.13. The largest absolute Gasteiger partial charge is 0.458 e. The molecule has 0 saturated carbocycles. The van der Waals surface area contributed by atoms with E-state index in [1.54, 1.807) is 12.1 Å². The molecule has 3 aromatic rings. The molecule has 0 N–H and O–H groups in total. The summed E-state index contributed by atoms with van der Waals surface area (Å²) in [5.74, 6) is -0.446. The van der Waals surface area contributed by atoms with Crippen LogP contribution in [0.15, 0.2) is 96.0 Å². The molecule has 0 aromatic heterocycles. The van der Waals surface area contributed by atoms with Crippen molar-refractivity contribution in [1.82, 2.24) is 0 Å². The van der Waals surface area contributed by atoms with E-state index in [9.17, 15) is 9.59 Å². The molecule has 0 radical (unpaired) electrons. The Morgan fingerprint density at radius 2 is 1.19 bits per heavy atom. The van der Waals surface area contributed by atoms with Crippen LogP contribution in [-0.2, 0) is 9.53 Å². The number of esters is 1. The summed E-state index contributed by atoms with van der Waals surface area (Å²) in [6.07, 6.45) is 0.472. The van der Waals surface area contributed by atoms with Crippen LogP contribution in [0.3, 0.4) is 0 Å². The van der Waals surface area contributed by atoms with E-state index in [2.05, 4.69) is 0 Å². The predicted octanol–water partition coefficient (Wildman–Crippen LogP) is 5.90. The van der Waals surface area contributed by atoms with Gasteiger partial charge in [0.15, 0.2) is 5.78 Å². The molecule has 4 nitrogen and oxygen atoms in total. The Hall–Kier alpha value is -3.53. The topological polar surface area (TPSA) is 55.7 Å². The molecule has 0 aliphatic rings. The maximum Gasteiger partial charge on any atom is 0.331 e. The van der Waals surface area contributed by atoms with Crippen molar-refractivity contribution in [3.8, 4) is 0 Å². The molecule has 0 unspecified atom stereocenters. The van der Waals surface area contributed by atoms with Gasteiger partial charge in [-0.15, -0.1) is 0 Å². The van der Waals surface area contributed by atoms with E-state index >= 15 is 0 Å². The van der Waals surface area contributed by atoms with Crippen LogP contribution in [0.1, 0.15) is 55.1 Å². The third kappa shape index (κ3) is 6.74. The van der Waals surface area contributed by atoms with Crippen LogP contribution >= 0.6 is 0 Å². The van der Waals surface area contributed by atoms with Gasteiger partial charge in [-0.3, -0.25) is 9.79 Å². The van der Waals surface area contributed by atoms with Crippen LogP contribution in [0.5, 0.6) is 0 Å². The molecule has 3 rings (SSSR count). The highest BCUT2D eigenvalue weighted by Gasteiger charge is 2.26. The third-order valence-electron chi connectivity index (χ3n) is 4.80. The molecule has 0 bridgehead atoms. The molecule has 0 heterocycles. The second kappa shape index (κ2) is 10.7. The van der Waals surface area contributed by atoms with Crippen molar-refractivity contribution in [1.29, 1.82) is 0 Å². The van der Waals surface area contributed by atoms with Crippen LogP contribution in [0.25, 0.3) is 0 Å². The van der Waals surface area contributed by atoms with E-state index in [1.807, 2.05) is 99.6 Å². The maximum atomic E-state index is 13.1. The number of carbonyl (C=O) groups is 2. The van der Waals surface area contributed by atoms with Crippen molar-refractivity contribution >= 4 is 17.5 Å². The molecule has 0 spiro atoms. The fourth-order valence-corrected chi connectivity index (χ4v) is 3.30. The minimum absolute atomic E-state index is 0.0182. The first-order valence-corrected chi connectivity index (χ1v) is 10.8. The van der Waals surface area contributed by atoms with Gasteiger partial charge in [-0.1, -0.05) is 91.0 Å². The average molecular weight is 428 g/mol. The molecule has 32 heavy (non-hydrogen) atoms. The van der Waals surface area contributed by atoms with Crippen molar-refractivity contribution in [3.05, 3.63) is 108 Å². The number of benzene rings is 3. The van der Waals surface area contributed by atoms with E-state index in [0.717, 1.165) is 11.1 Å². The second-order valence-corrected chi connectivity index (χ2v) is 8.59. The van der Waals surface area contributed by atoms with Crippen molar-refractivity contribution in [2.45, 2.75) is 45.3 Å². The van der Waals surface area contributed by atoms with E-state index in [0.29, 0.717) is 11.3 Å². The number of carbonyl (C=O) groups excluding carboxylic acids is 2. The summed E-state index contributed by atoms with van der Waals surface area (Å²) >= 11 is 0. The minimum Gasteiger partial charge on any atom is -0.458 e. The zero-order valence-corrected chi connectivity index (χ0v) is 18.8. The zero-order valence-electron chi connectivity index (χ0n) is 18.8. The fourth-order valence-electron chi connectivity index (χ4n) is 3.30. The minimum atomic E-state index is -0.794. The lowest BCUT2D eigenvalue weighted by atomic mass is 10.00. The lowest BCUT2D eigenvalue weighted by molar-refractivity contribution is -0.156. The number of aliphatic imine (C=N–C) groups is 1. The Bertz CT molecular complexity index is 1010. The smallest absolute Gasteiger partial charge is 0.331 e. The van der Waals surface area contributed by atoms with Gasteiger partial charge in [0.05, 0.1) is 5.71 Å². The summed E-state index contributed by atoms with van der Waals surface area (Å²) in [5, 5.41) is 0. The van der Waals surface area contributed by atoms with Gasteiger partial charge < -0.3 is 4.74 Å². The number of Topliss-reactive ketones (excluding diaryl/α,β-unsaturated/α-hetero) is 1. The molecule has 0 aliphatic heterocycles. The third-order valence-corrected chi connectivity index (χ3v) is 4.80. The maximum absolute atomic E-state index is 13.1. The Morgan fingerprint density at radius 1 is 0.750 bits per heavy atom. The van der Waals surface area contributed by atoms with Gasteiger partial charge in [-0.2, -0.15) is 0 Å². The van der Waals surface area contributed by atoms with Crippen LogP contribution in [-0.4, -0.2) is 29.1 Å². The standard InChI is InChI=1S/C28H29NO3/c1-28(2,3)32-27(31)24(19-20-25(30)21-13-7-4-8-14-21)29-26(22-15-9-5-10-16-22)23-17-11-6-12-18-23/h4-18,24H,19-20H2,1-3H3/t24-/m0/s1. The van der Waals surface area contributed by atoms with Crippen LogP contribution < -0.4 is 0 Å². The van der Waals surface area contributed by atoms with E-state index in [1.165, 1.54) is 0 Å². The Labute approximate surface area is 190 Å². The van der Waals surface area contributed by atoms with Crippen LogP contribution in [0, 0.1) is 0 Å². The van der Waals surface area contributed by atoms with Crippen molar-refractivity contribution in [3.63, 3.8) is 0 Å². The number of rotatable bonds is 8. The monoisotopic (exact) mass is 427 g/mol. The highest BCUT2D eigenvalue weighted by atomic mass is 16.6. The van der Waals surface area contributed by atoms with Crippen molar-refractivity contribution in [2.24, 2.45) is 4.99 Å². The molecule has 0 aliphatic carbocycles. The quantitative estimate of drug-likeness (QED) is 0.256. The first-order chi connectivity index (χ1) is 15.3. The Morgan fingerprint density at radius 3 is 1.62 bits per heavy atom. The van der Waals surface area contributed by atoms with Gasteiger partial charge in [0.25, 0.3) is 0 Å². The summed E-state index contributed by atoms with van der Waals surface area (Å²) in [6.45, 7) is 5.49. The number of hydrogen-bond acceptors (Lipinski definition) is 4. The molecular formula is C28H29NO3. The zero-order chi connectivity index (χ0) is 23.0. The lowest BCUT2D eigenvalue weighted by Gasteiger charge is -2.23. The molecule has 1 atom stereocenters. The predicted molar refractivity (Wildman–Crippen MR) is 128 cm³/mol. The van der Waals surface area contributed by atoms with Gasteiger partial charge >= 0.3 is 5.97 Å². The van der Waals surface area contributed by atoms with E-state index in [4.69, 9.17) is 9.73 Å². The average Bonchev–Trinajstić information content (AvgIpc) is 2.79. The molecule has 0 amide bonds. The van der Waals surface area contributed by atoms with Gasteiger partial charge in [0, 0.05) is 23.1 Å². The van der Waals surface area contributed by atoms with Gasteiger partial charge in [0.2, 0.25) is 0 Å². The normalized spacial score (nSPS) is 12.0. The molecule has 0 saturated heterocycles. The second-order valence-electron chi connectivity index (χ2n) is 8.59. The van der Waals surface area contributed by atoms with Crippen LogP contribution in [0.4, 0.5) is 0 Å². The number of ether oxygens (including phenoxy) is 1. The van der Waals surface area contributed by atoms with Gasteiger partial charge in [-0.05, 0) is 27.2 Å². The molecule has 4 heteroatoms. The lowest BCUT2D eigenvalue weighted by Crippen LogP contribution is -2.32. The molecule has 164 valence electrons. The molecule has 3 aromatic carbocycles. The number of ketones is 1. The van der Waals surface area contributed by atoms with Gasteiger partial charge in [0.1, 0.15) is 11.6 Å². The SMILES string of the molecule is CC(C)(C)OC(=O)[C@H](CCC(=O)c1ccccc1)N=C(c1ccccc1)c1ccccc1. The fraction of sp³-hybridized carbons (Fsp3) is 0.250. The summed E-state index contributed by atoms with van der Waals surface area (Å²) in [5.41, 5.74) is 2.50. The summed E-state index contributed by atoms with van der Waals surface area (Å²) in [4.78, 5) is 30.6. The van der Waals surface area contributed by atoms with Crippen LogP contribution in [0.2, 0.25) is 0 Å². The number of hydrogen-bond donors (Lipinski definition) is 0. The van der Waals surface area contributed by atoms with Gasteiger partial charge in [-0.25, -0.2) is 4.79 Å². The van der Waals surface area contributed by atoms with E-state index in [-0.39, 0.29) is 18.6 Å². The first kappa shape index (κ1) is 23.1. The summed E-state index contributed by atoms with van der Waals surface area (Å²) in [7, 11) is 0.